The van der Waals surface area contributed by atoms with Crippen molar-refractivity contribution in [3.63, 3.8) is 0 Å². The van der Waals surface area contributed by atoms with Crippen molar-refractivity contribution in [2.75, 3.05) is 0 Å². The molecule has 1 aliphatic carbocycles. The molecule has 114 valence electrons. The summed E-state index contributed by atoms with van der Waals surface area (Å²) in [6, 6.07) is 0. The summed E-state index contributed by atoms with van der Waals surface area (Å²) < 4.78 is 0. The quantitative estimate of drug-likeness (QED) is 0.531. The Kier molecular flexibility index (Phi) is 6.44. The lowest BCUT2D eigenvalue weighted by Gasteiger charge is -2.26. The zero-order chi connectivity index (χ0) is 15.2. The van der Waals surface area contributed by atoms with Crippen molar-refractivity contribution in [2.24, 2.45) is 11.3 Å². The molecule has 0 saturated heterocycles. The molecule has 0 radical (unpaired) electrons. The molecule has 0 aromatic carbocycles. The predicted octanol–water partition coefficient (Wildman–Crippen LogP) is 4.36. The van der Waals surface area contributed by atoms with Crippen molar-refractivity contribution in [3.8, 4) is 0 Å². The summed E-state index contributed by atoms with van der Waals surface area (Å²) in [6.07, 6.45) is 9.63. The van der Waals surface area contributed by atoms with E-state index in [0.717, 1.165) is 51.4 Å². The molecule has 0 amide bonds. The topological polar surface area (TPSA) is 54.4 Å². The molecule has 3 nitrogen and oxygen atoms in total. The first-order chi connectivity index (χ1) is 9.37. The third-order valence-corrected chi connectivity index (χ3v) is 4.56. The molecule has 1 atom stereocenters. The highest BCUT2D eigenvalue weighted by Gasteiger charge is 2.43. The van der Waals surface area contributed by atoms with Gasteiger partial charge in [-0.05, 0) is 58.3 Å². The van der Waals surface area contributed by atoms with Crippen LogP contribution in [0.4, 0.5) is 0 Å². The Morgan fingerprint density at radius 2 is 1.80 bits per heavy atom. The summed E-state index contributed by atoms with van der Waals surface area (Å²) >= 11 is 0. The van der Waals surface area contributed by atoms with E-state index in [0.29, 0.717) is 5.92 Å². The summed E-state index contributed by atoms with van der Waals surface area (Å²) in [7, 11) is 0. The number of carboxylic acids is 1. The number of hydrogen-bond donors (Lipinski definition) is 1. The van der Waals surface area contributed by atoms with E-state index in [4.69, 9.17) is 5.11 Å². The van der Waals surface area contributed by atoms with E-state index >= 15 is 0 Å². The van der Waals surface area contributed by atoms with Gasteiger partial charge in [-0.3, -0.25) is 4.79 Å². The Balaban J connectivity index is 2.49. The lowest BCUT2D eigenvalue weighted by atomic mass is 9.75. The molecular formula is C17H28O3. The van der Waals surface area contributed by atoms with Crippen LogP contribution in [0.15, 0.2) is 11.6 Å². The van der Waals surface area contributed by atoms with Gasteiger partial charge in [0.05, 0.1) is 0 Å². The molecule has 0 heterocycles. The van der Waals surface area contributed by atoms with Crippen LogP contribution < -0.4 is 0 Å². The van der Waals surface area contributed by atoms with Crippen LogP contribution in [0.5, 0.6) is 0 Å². The molecule has 1 rings (SSSR count). The molecule has 1 aliphatic rings. The number of hydrogen-bond acceptors (Lipinski definition) is 2. The third kappa shape index (κ3) is 4.77. The fraction of sp³-hybridized carbons (Fsp3) is 0.765. The Hall–Kier alpha value is -1.12. The van der Waals surface area contributed by atoms with Gasteiger partial charge in [-0.1, -0.05) is 31.4 Å². The molecular weight excluding hydrogens is 252 g/mol. The van der Waals surface area contributed by atoms with Gasteiger partial charge in [0, 0.05) is 5.41 Å². The Morgan fingerprint density at radius 3 is 2.30 bits per heavy atom. The summed E-state index contributed by atoms with van der Waals surface area (Å²) in [5.74, 6) is -1.25. The molecule has 0 aliphatic heterocycles. The van der Waals surface area contributed by atoms with Crippen LogP contribution >= 0.6 is 0 Å². The first-order valence-electron chi connectivity index (χ1n) is 7.78. The second-order valence-corrected chi connectivity index (χ2v) is 6.62. The van der Waals surface area contributed by atoms with E-state index in [-0.39, 0.29) is 0 Å². The minimum absolute atomic E-state index is 0.546. The first kappa shape index (κ1) is 16.9. The maximum atomic E-state index is 12.0. The van der Waals surface area contributed by atoms with Crippen molar-refractivity contribution in [1.82, 2.24) is 0 Å². The maximum absolute atomic E-state index is 12.0. The lowest BCUT2D eigenvalue weighted by molar-refractivity contribution is -0.154. The van der Waals surface area contributed by atoms with Crippen LogP contribution in [-0.2, 0) is 9.59 Å². The summed E-state index contributed by atoms with van der Waals surface area (Å²) in [4.78, 5) is 23.0. The Bertz CT molecular complexity index is 372. The van der Waals surface area contributed by atoms with Gasteiger partial charge in [-0.2, -0.15) is 0 Å². The summed E-state index contributed by atoms with van der Waals surface area (Å²) in [5, 5.41) is 9.02. The molecule has 3 heteroatoms. The van der Waals surface area contributed by atoms with Gasteiger partial charge in [-0.15, -0.1) is 0 Å². The molecule has 1 saturated carbocycles. The second kappa shape index (κ2) is 7.61. The number of ketones is 1. The fourth-order valence-corrected chi connectivity index (χ4v) is 3.19. The van der Waals surface area contributed by atoms with Gasteiger partial charge >= 0.3 is 5.97 Å². The minimum Gasteiger partial charge on any atom is -0.475 e. The van der Waals surface area contributed by atoms with Crippen molar-refractivity contribution >= 4 is 11.8 Å². The number of carboxylic acid groups (broad SMARTS) is 1. The molecule has 20 heavy (non-hydrogen) atoms. The number of rotatable bonds is 8. The number of carbonyl (C=O) groups is 2. The van der Waals surface area contributed by atoms with Crippen LogP contribution in [0.3, 0.4) is 0 Å². The molecule has 1 unspecified atom stereocenters. The molecule has 1 N–H and O–H groups in total. The van der Waals surface area contributed by atoms with Crippen molar-refractivity contribution in [2.45, 2.75) is 72.1 Å². The number of aliphatic carboxylic acids is 1. The van der Waals surface area contributed by atoms with Gasteiger partial charge in [-0.25, -0.2) is 4.79 Å². The number of carbonyl (C=O) groups excluding carboxylic acids is 1. The van der Waals surface area contributed by atoms with Gasteiger partial charge in [0.2, 0.25) is 5.78 Å². The van der Waals surface area contributed by atoms with Crippen molar-refractivity contribution in [3.05, 3.63) is 11.6 Å². The van der Waals surface area contributed by atoms with Crippen LogP contribution in [0.25, 0.3) is 0 Å². The number of allylic oxidation sites excluding steroid dienone is 2. The van der Waals surface area contributed by atoms with Gasteiger partial charge in [0.25, 0.3) is 0 Å². The van der Waals surface area contributed by atoms with Gasteiger partial charge in [0.15, 0.2) is 0 Å². The molecule has 0 spiro atoms. The van der Waals surface area contributed by atoms with Crippen molar-refractivity contribution in [1.29, 1.82) is 0 Å². The zero-order valence-electron chi connectivity index (χ0n) is 13.1. The maximum Gasteiger partial charge on any atom is 0.372 e. The Morgan fingerprint density at radius 1 is 1.20 bits per heavy atom. The summed E-state index contributed by atoms with van der Waals surface area (Å²) in [5.41, 5.74) is 0.780. The normalized spacial score (nSPS) is 18.6. The number of Topliss-reactive ketones (excluding diaryl/α,β-unsaturated/α-hetero) is 1. The van der Waals surface area contributed by atoms with Crippen molar-refractivity contribution < 1.29 is 14.7 Å². The highest BCUT2D eigenvalue weighted by Crippen LogP contribution is 2.43. The van der Waals surface area contributed by atoms with Gasteiger partial charge in [0.1, 0.15) is 0 Å². The van der Waals surface area contributed by atoms with E-state index in [1.54, 1.807) is 0 Å². The SMILES string of the molecule is CC(C)=CCCC(C)CCC1(C(=O)C(=O)O)CCCC1. The molecule has 1 fully saturated rings. The average Bonchev–Trinajstić information content (AvgIpc) is 2.85. The van der Waals surface area contributed by atoms with E-state index in [9.17, 15) is 9.59 Å². The Labute approximate surface area is 122 Å². The average molecular weight is 280 g/mol. The van der Waals surface area contributed by atoms with E-state index in [1.807, 2.05) is 0 Å². The zero-order valence-corrected chi connectivity index (χ0v) is 13.1. The van der Waals surface area contributed by atoms with E-state index in [2.05, 4.69) is 26.8 Å². The predicted molar refractivity (Wildman–Crippen MR) is 80.6 cm³/mol. The van der Waals surface area contributed by atoms with Crippen LogP contribution in [-0.4, -0.2) is 16.9 Å². The van der Waals surface area contributed by atoms with Gasteiger partial charge < -0.3 is 5.11 Å². The smallest absolute Gasteiger partial charge is 0.372 e. The largest absolute Gasteiger partial charge is 0.475 e. The standard InChI is InChI=1S/C17H28O3/c1-13(2)7-6-8-14(3)9-12-17(10-4-5-11-17)15(18)16(19)20/h7,14H,4-6,8-12H2,1-3H3,(H,19,20). The van der Waals surface area contributed by atoms with E-state index in [1.165, 1.54) is 5.57 Å². The summed E-state index contributed by atoms with van der Waals surface area (Å²) in [6.45, 7) is 6.40. The minimum atomic E-state index is -1.25. The second-order valence-electron chi connectivity index (χ2n) is 6.62. The lowest BCUT2D eigenvalue weighted by Crippen LogP contribution is -2.34. The molecule has 0 aromatic heterocycles. The van der Waals surface area contributed by atoms with Crippen LogP contribution in [0.1, 0.15) is 72.1 Å². The molecule has 0 bridgehead atoms. The first-order valence-corrected chi connectivity index (χ1v) is 7.78. The highest BCUT2D eigenvalue weighted by molar-refractivity contribution is 6.34. The van der Waals surface area contributed by atoms with Crippen LogP contribution in [0, 0.1) is 11.3 Å². The molecule has 0 aromatic rings. The third-order valence-electron chi connectivity index (χ3n) is 4.56. The highest BCUT2D eigenvalue weighted by atomic mass is 16.4. The fourth-order valence-electron chi connectivity index (χ4n) is 3.19. The van der Waals surface area contributed by atoms with E-state index < -0.39 is 17.2 Å². The monoisotopic (exact) mass is 280 g/mol. The van der Waals surface area contributed by atoms with Crippen LogP contribution in [0.2, 0.25) is 0 Å².